The highest BCUT2D eigenvalue weighted by molar-refractivity contribution is 5.67. The fraction of sp³-hybridized carbons (Fsp3) is 0.500. The summed E-state index contributed by atoms with van der Waals surface area (Å²) in [5.74, 6) is 0. The van der Waals surface area contributed by atoms with Crippen molar-refractivity contribution in [3.63, 3.8) is 0 Å². The predicted octanol–water partition coefficient (Wildman–Crippen LogP) is 1.64. The molecular formula is C12H18N2O3. The van der Waals surface area contributed by atoms with Gasteiger partial charge in [0.05, 0.1) is 12.6 Å². The molecule has 0 radical (unpaired) electrons. The van der Waals surface area contributed by atoms with E-state index in [2.05, 4.69) is 10.3 Å². The molecule has 17 heavy (non-hydrogen) atoms. The van der Waals surface area contributed by atoms with Crippen LogP contribution in [0.4, 0.5) is 4.79 Å². The number of aromatic nitrogens is 1. The van der Waals surface area contributed by atoms with E-state index >= 15 is 0 Å². The zero-order valence-corrected chi connectivity index (χ0v) is 10.3. The van der Waals surface area contributed by atoms with E-state index < -0.39 is 17.8 Å². The quantitative estimate of drug-likeness (QED) is 0.839. The van der Waals surface area contributed by atoms with E-state index in [-0.39, 0.29) is 6.54 Å². The Bertz CT molecular complexity index is 360. The fourth-order valence-electron chi connectivity index (χ4n) is 1.19. The molecule has 1 amide bonds. The number of aliphatic hydroxyl groups excluding tert-OH is 1. The van der Waals surface area contributed by atoms with Crippen LogP contribution < -0.4 is 5.32 Å². The molecule has 1 rings (SSSR count). The Labute approximate surface area is 101 Å². The van der Waals surface area contributed by atoms with Crippen molar-refractivity contribution in [2.75, 3.05) is 6.54 Å². The standard InChI is InChI=1S/C12H18N2O3/c1-12(2,3)17-11(16)14-8-10(15)9-5-4-6-13-7-9/h4-7,10,15H,8H2,1-3H3,(H,14,16). The van der Waals surface area contributed by atoms with E-state index in [9.17, 15) is 9.90 Å². The lowest BCUT2D eigenvalue weighted by Gasteiger charge is -2.20. The lowest BCUT2D eigenvalue weighted by Crippen LogP contribution is -2.34. The van der Waals surface area contributed by atoms with E-state index in [0.717, 1.165) is 0 Å². The minimum atomic E-state index is -0.781. The number of nitrogens with one attached hydrogen (secondary N) is 1. The molecule has 1 aromatic rings. The molecule has 0 aliphatic heterocycles. The van der Waals surface area contributed by atoms with Gasteiger partial charge in [0, 0.05) is 18.0 Å². The number of carbonyl (C=O) groups excluding carboxylic acids is 1. The molecule has 1 unspecified atom stereocenters. The average molecular weight is 238 g/mol. The zero-order valence-electron chi connectivity index (χ0n) is 10.3. The van der Waals surface area contributed by atoms with E-state index in [1.807, 2.05) is 0 Å². The number of amides is 1. The zero-order chi connectivity index (χ0) is 12.9. The van der Waals surface area contributed by atoms with Crippen LogP contribution in [0.15, 0.2) is 24.5 Å². The number of ether oxygens (including phenoxy) is 1. The average Bonchev–Trinajstić information content (AvgIpc) is 2.25. The number of rotatable bonds is 3. The fourth-order valence-corrected chi connectivity index (χ4v) is 1.19. The Morgan fingerprint density at radius 3 is 2.82 bits per heavy atom. The second-order valence-corrected chi connectivity index (χ2v) is 4.68. The molecule has 2 N–H and O–H groups in total. The van der Waals surface area contributed by atoms with Crippen molar-refractivity contribution >= 4 is 6.09 Å². The lowest BCUT2D eigenvalue weighted by atomic mass is 10.1. The second-order valence-electron chi connectivity index (χ2n) is 4.68. The van der Waals surface area contributed by atoms with Crippen LogP contribution in [0.2, 0.25) is 0 Å². The molecule has 0 saturated heterocycles. The van der Waals surface area contributed by atoms with E-state index in [0.29, 0.717) is 5.56 Å². The Balaban J connectivity index is 2.39. The summed E-state index contributed by atoms with van der Waals surface area (Å²) < 4.78 is 5.05. The number of alkyl carbamates (subject to hydrolysis) is 1. The van der Waals surface area contributed by atoms with E-state index in [1.54, 1.807) is 45.3 Å². The molecule has 1 aromatic heterocycles. The van der Waals surface area contributed by atoms with Crippen LogP contribution in [0, 0.1) is 0 Å². The SMILES string of the molecule is CC(C)(C)OC(=O)NCC(O)c1cccnc1. The van der Waals surface area contributed by atoms with Gasteiger partial charge in [0.25, 0.3) is 0 Å². The summed E-state index contributed by atoms with van der Waals surface area (Å²) in [6, 6.07) is 3.47. The third-order valence-corrected chi connectivity index (χ3v) is 1.91. The van der Waals surface area contributed by atoms with Crippen molar-refractivity contribution in [1.82, 2.24) is 10.3 Å². The summed E-state index contributed by atoms with van der Waals surface area (Å²) in [5.41, 5.74) is 0.118. The molecule has 0 aromatic carbocycles. The third kappa shape index (κ3) is 5.31. The minimum absolute atomic E-state index is 0.0978. The van der Waals surface area contributed by atoms with Gasteiger partial charge < -0.3 is 15.2 Å². The molecule has 0 bridgehead atoms. The molecule has 94 valence electrons. The number of aliphatic hydroxyl groups is 1. The molecule has 0 aliphatic carbocycles. The van der Waals surface area contributed by atoms with Gasteiger partial charge in [-0.15, -0.1) is 0 Å². The first kappa shape index (κ1) is 13.4. The lowest BCUT2D eigenvalue weighted by molar-refractivity contribution is 0.0491. The first-order valence-corrected chi connectivity index (χ1v) is 5.43. The highest BCUT2D eigenvalue weighted by atomic mass is 16.6. The van der Waals surface area contributed by atoms with Crippen LogP contribution in [0.5, 0.6) is 0 Å². The van der Waals surface area contributed by atoms with Crippen molar-refractivity contribution < 1.29 is 14.6 Å². The molecule has 0 spiro atoms. The van der Waals surface area contributed by atoms with E-state index in [1.165, 1.54) is 0 Å². The molecule has 0 saturated carbocycles. The van der Waals surface area contributed by atoms with Crippen LogP contribution >= 0.6 is 0 Å². The minimum Gasteiger partial charge on any atom is -0.444 e. The van der Waals surface area contributed by atoms with Gasteiger partial charge in [-0.1, -0.05) is 6.07 Å². The topological polar surface area (TPSA) is 71.5 Å². The van der Waals surface area contributed by atoms with Crippen molar-refractivity contribution in [2.45, 2.75) is 32.5 Å². The monoisotopic (exact) mass is 238 g/mol. The first-order valence-electron chi connectivity index (χ1n) is 5.43. The number of nitrogens with zero attached hydrogens (tertiary/aromatic N) is 1. The molecule has 1 atom stereocenters. The van der Waals surface area contributed by atoms with Gasteiger partial charge in [0.1, 0.15) is 5.60 Å². The Kier molecular flexibility index (Phi) is 4.45. The summed E-state index contributed by atoms with van der Waals surface area (Å²) in [4.78, 5) is 15.2. The van der Waals surface area contributed by atoms with Gasteiger partial charge in [0.2, 0.25) is 0 Å². The maximum absolute atomic E-state index is 11.3. The molecule has 1 heterocycles. The maximum atomic E-state index is 11.3. The van der Waals surface area contributed by atoms with Gasteiger partial charge in [-0.05, 0) is 26.8 Å². The molecule has 0 aliphatic rings. The maximum Gasteiger partial charge on any atom is 0.407 e. The molecule has 5 heteroatoms. The smallest absolute Gasteiger partial charge is 0.407 e. The van der Waals surface area contributed by atoms with Crippen LogP contribution in [0.3, 0.4) is 0 Å². The Morgan fingerprint density at radius 1 is 1.59 bits per heavy atom. The molecule has 5 nitrogen and oxygen atoms in total. The summed E-state index contributed by atoms with van der Waals surface area (Å²) in [5, 5.41) is 12.3. The number of hydrogen-bond donors (Lipinski definition) is 2. The van der Waals surface area contributed by atoms with Gasteiger partial charge in [-0.2, -0.15) is 0 Å². The highest BCUT2D eigenvalue weighted by Gasteiger charge is 2.17. The summed E-state index contributed by atoms with van der Waals surface area (Å²) in [7, 11) is 0. The predicted molar refractivity (Wildman–Crippen MR) is 63.4 cm³/mol. The van der Waals surface area contributed by atoms with Crippen LogP contribution in [-0.2, 0) is 4.74 Å². The summed E-state index contributed by atoms with van der Waals surface area (Å²) in [6.07, 6.45) is 1.86. The largest absolute Gasteiger partial charge is 0.444 e. The number of pyridine rings is 1. The second kappa shape index (κ2) is 5.63. The van der Waals surface area contributed by atoms with E-state index in [4.69, 9.17) is 4.74 Å². The van der Waals surface area contributed by atoms with Gasteiger partial charge in [0.15, 0.2) is 0 Å². The third-order valence-electron chi connectivity index (χ3n) is 1.91. The first-order chi connectivity index (χ1) is 7.88. The van der Waals surface area contributed by atoms with Crippen LogP contribution in [0.25, 0.3) is 0 Å². The van der Waals surface area contributed by atoms with Crippen LogP contribution in [-0.4, -0.2) is 28.3 Å². The van der Waals surface area contributed by atoms with Crippen molar-refractivity contribution in [3.05, 3.63) is 30.1 Å². The van der Waals surface area contributed by atoms with Crippen molar-refractivity contribution in [1.29, 1.82) is 0 Å². The normalized spacial score (nSPS) is 12.9. The molecular weight excluding hydrogens is 220 g/mol. The van der Waals surface area contributed by atoms with Gasteiger partial charge >= 0.3 is 6.09 Å². The van der Waals surface area contributed by atoms with Crippen LogP contribution in [0.1, 0.15) is 32.4 Å². The number of carbonyl (C=O) groups is 1. The van der Waals surface area contributed by atoms with Gasteiger partial charge in [-0.25, -0.2) is 4.79 Å². The van der Waals surface area contributed by atoms with Crippen molar-refractivity contribution in [3.8, 4) is 0 Å². The Morgan fingerprint density at radius 2 is 2.29 bits per heavy atom. The highest BCUT2D eigenvalue weighted by Crippen LogP contribution is 2.10. The molecule has 0 fully saturated rings. The Hall–Kier alpha value is -1.62. The van der Waals surface area contributed by atoms with Crippen molar-refractivity contribution in [2.24, 2.45) is 0 Å². The number of hydrogen-bond acceptors (Lipinski definition) is 4. The summed E-state index contributed by atoms with van der Waals surface area (Å²) in [6.45, 7) is 5.44. The summed E-state index contributed by atoms with van der Waals surface area (Å²) >= 11 is 0. The van der Waals surface area contributed by atoms with Gasteiger partial charge in [-0.3, -0.25) is 4.98 Å².